The van der Waals surface area contributed by atoms with Crippen LogP contribution in [0.2, 0.25) is 0 Å². The average molecular weight is 219 g/mol. The molecule has 1 aliphatic heterocycles. The Bertz CT molecular complexity index is 364. The van der Waals surface area contributed by atoms with Crippen molar-refractivity contribution >= 4 is 5.69 Å². The first-order valence-corrected chi connectivity index (χ1v) is 6.20. The maximum Gasteiger partial charge on any atom is 0.0933 e. The maximum atomic E-state index is 10.7. The van der Waals surface area contributed by atoms with E-state index in [1.54, 1.807) is 0 Å². The number of aliphatic hydroxyl groups is 1. The number of para-hydroxylation sites is 1. The van der Waals surface area contributed by atoms with Crippen molar-refractivity contribution in [3.05, 3.63) is 29.8 Å². The number of fused-ring (bicyclic) bond motifs is 1. The fraction of sp³-hybridized carbons (Fsp3) is 0.571. The molecule has 0 aromatic heterocycles. The van der Waals surface area contributed by atoms with Gasteiger partial charge in [-0.05, 0) is 18.9 Å². The summed E-state index contributed by atoms with van der Waals surface area (Å²) in [4.78, 5) is 2.23. The molecule has 0 radical (unpaired) electrons. The van der Waals surface area contributed by atoms with E-state index in [0.717, 1.165) is 37.8 Å². The molecule has 1 aliphatic rings. The monoisotopic (exact) mass is 219 g/mol. The first-order valence-electron chi connectivity index (χ1n) is 6.20. The second kappa shape index (κ2) is 4.46. The third kappa shape index (κ3) is 1.94. The lowest BCUT2D eigenvalue weighted by molar-refractivity contribution is 0.0148. The van der Waals surface area contributed by atoms with Gasteiger partial charge in [0.2, 0.25) is 0 Å². The molecule has 1 atom stereocenters. The molecule has 0 aliphatic carbocycles. The highest BCUT2D eigenvalue weighted by Crippen LogP contribution is 2.40. The molecule has 1 N–H and O–H groups in total. The number of unbranched alkanes of at least 4 members (excludes halogenated alkanes) is 1. The van der Waals surface area contributed by atoms with Crippen LogP contribution < -0.4 is 4.90 Å². The zero-order valence-electron chi connectivity index (χ0n) is 10.2. The van der Waals surface area contributed by atoms with Crippen LogP contribution in [0, 0.1) is 0 Å². The Kier molecular flexibility index (Phi) is 3.20. The van der Waals surface area contributed by atoms with E-state index >= 15 is 0 Å². The van der Waals surface area contributed by atoms with Gasteiger partial charge in [-0.25, -0.2) is 0 Å². The van der Waals surface area contributed by atoms with Crippen LogP contribution in [0.1, 0.15) is 38.2 Å². The highest BCUT2D eigenvalue weighted by atomic mass is 16.3. The van der Waals surface area contributed by atoms with Gasteiger partial charge in [-0.15, -0.1) is 0 Å². The largest absolute Gasteiger partial charge is 0.385 e. The van der Waals surface area contributed by atoms with E-state index < -0.39 is 5.60 Å². The zero-order chi connectivity index (χ0) is 11.6. The van der Waals surface area contributed by atoms with Gasteiger partial charge < -0.3 is 10.0 Å². The Morgan fingerprint density at radius 2 is 2.12 bits per heavy atom. The second-order valence-electron chi connectivity index (χ2n) is 4.82. The smallest absolute Gasteiger partial charge is 0.0933 e. The van der Waals surface area contributed by atoms with E-state index in [1.165, 1.54) is 5.69 Å². The molecule has 88 valence electrons. The quantitative estimate of drug-likeness (QED) is 0.845. The highest BCUT2D eigenvalue weighted by Gasteiger charge is 2.35. The lowest BCUT2D eigenvalue weighted by Gasteiger charge is -2.39. The van der Waals surface area contributed by atoms with Crippen LogP contribution in [0.4, 0.5) is 5.69 Å². The molecule has 0 spiro atoms. The van der Waals surface area contributed by atoms with Gasteiger partial charge in [0.1, 0.15) is 0 Å². The average Bonchev–Trinajstić information content (AvgIpc) is 2.32. The van der Waals surface area contributed by atoms with E-state index in [9.17, 15) is 5.11 Å². The molecule has 2 heteroatoms. The Morgan fingerprint density at radius 3 is 2.88 bits per heavy atom. The summed E-state index contributed by atoms with van der Waals surface area (Å²) in [6.45, 7) is 3.11. The minimum atomic E-state index is -0.598. The third-order valence-electron chi connectivity index (χ3n) is 3.62. The highest BCUT2D eigenvalue weighted by molar-refractivity contribution is 5.57. The Hall–Kier alpha value is -1.02. The van der Waals surface area contributed by atoms with Crippen molar-refractivity contribution < 1.29 is 5.11 Å². The number of benzene rings is 1. The zero-order valence-corrected chi connectivity index (χ0v) is 10.2. The number of nitrogens with zero attached hydrogens (tertiary/aromatic N) is 1. The van der Waals surface area contributed by atoms with Gasteiger partial charge in [0.15, 0.2) is 0 Å². The summed E-state index contributed by atoms with van der Waals surface area (Å²) in [7, 11) is 2.10. The molecule has 2 rings (SSSR count). The molecule has 0 amide bonds. The molecule has 1 aromatic carbocycles. The summed E-state index contributed by atoms with van der Waals surface area (Å²) in [5.41, 5.74) is 1.70. The minimum absolute atomic E-state index is 0.598. The fourth-order valence-corrected chi connectivity index (χ4v) is 2.54. The topological polar surface area (TPSA) is 23.5 Å². The summed E-state index contributed by atoms with van der Waals surface area (Å²) in [5, 5.41) is 10.7. The summed E-state index contributed by atoms with van der Waals surface area (Å²) in [5.74, 6) is 0. The summed E-state index contributed by atoms with van der Waals surface area (Å²) < 4.78 is 0. The van der Waals surface area contributed by atoms with Crippen molar-refractivity contribution in [3.8, 4) is 0 Å². The van der Waals surface area contributed by atoms with Crippen molar-refractivity contribution in [2.45, 2.75) is 38.2 Å². The maximum absolute atomic E-state index is 10.7. The lowest BCUT2D eigenvalue weighted by Crippen LogP contribution is -2.38. The summed E-state index contributed by atoms with van der Waals surface area (Å²) in [6.07, 6.45) is 3.96. The fourth-order valence-electron chi connectivity index (χ4n) is 2.54. The van der Waals surface area contributed by atoms with Crippen molar-refractivity contribution in [1.29, 1.82) is 0 Å². The van der Waals surface area contributed by atoms with Crippen LogP contribution in [0.15, 0.2) is 24.3 Å². The molecule has 0 fully saturated rings. The van der Waals surface area contributed by atoms with Crippen molar-refractivity contribution in [1.82, 2.24) is 0 Å². The van der Waals surface area contributed by atoms with Gasteiger partial charge in [-0.1, -0.05) is 38.0 Å². The molecule has 16 heavy (non-hydrogen) atoms. The van der Waals surface area contributed by atoms with E-state index in [0.29, 0.717) is 0 Å². The number of hydrogen-bond acceptors (Lipinski definition) is 2. The first kappa shape index (κ1) is 11.5. The second-order valence-corrected chi connectivity index (χ2v) is 4.82. The molecule has 1 unspecified atom stereocenters. The standard InChI is InChI=1S/C14H21NO/c1-3-4-9-14(16)10-11-15(2)13-8-6-5-7-12(13)14/h5-8,16H,3-4,9-11H2,1-2H3. The predicted octanol–water partition coefficient (Wildman–Crippen LogP) is 2.90. The van der Waals surface area contributed by atoms with E-state index in [4.69, 9.17) is 0 Å². The third-order valence-corrected chi connectivity index (χ3v) is 3.62. The Balaban J connectivity index is 2.33. The van der Waals surface area contributed by atoms with Gasteiger partial charge in [0.05, 0.1) is 5.60 Å². The van der Waals surface area contributed by atoms with Crippen LogP contribution in [0.5, 0.6) is 0 Å². The Morgan fingerprint density at radius 1 is 1.38 bits per heavy atom. The minimum Gasteiger partial charge on any atom is -0.385 e. The predicted molar refractivity (Wildman–Crippen MR) is 67.8 cm³/mol. The molecule has 0 saturated heterocycles. The van der Waals surface area contributed by atoms with Crippen LogP contribution in [-0.2, 0) is 5.60 Å². The molecular formula is C14H21NO. The van der Waals surface area contributed by atoms with E-state index in [-0.39, 0.29) is 0 Å². The number of hydrogen-bond donors (Lipinski definition) is 1. The SMILES string of the molecule is CCCCC1(O)CCN(C)c2ccccc21. The number of anilines is 1. The van der Waals surface area contributed by atoms with Crippen molar-refractivity contribution in [2.75, 3.05) is 18.5 Å². The van der Waals surface area contributed by atoms with Crippen molar-refractivity contribution in [3.63, 3.8) is 0 Å². The summed E-state index contributed by atoms with van der Waals surface area (Å²) >= 11 is 0. The first-order chi connectivity index (χ1) is 7.67. The Labute approximate surface area is 97.9 Å². The molecular weight excluding hydrogens is 198 g/mol. The van der Waals surface area contributed by atoms with E-state index in [1.807, 2.05) is 12.1 Å². The normalized spacial score (nSPS) is 24.3. The van der Waals surface area contributed by atoms with Gasteiger partial charge in [0, 0.05) is 24.8 Å². The van der Waals surface area contributed by atoms with Crippen LogP contribution in [0.25, 0.3) is 0 Å². The van der Waals surface area contributed by atoms with Crippen LogP contribution in [0.3, 0.4) is 0 Å². The van der Waals surface area contributed by atoms with Gasteiger partial charge >= 0.3 is 0 Å². The lowest BCUT2D eigenvalue weighted by atomic mass is 9.82. The van der Waals surface area contributed by atoms with Crippen LogP contribution >= 0.6 is 0 Å². The molecule has 2 nitrogen and oxygen atoms in total. The van der Waals surface area contributed by atoms with E-state index in [2.05, 4.69) is 31.0 Å². The number of rotatable bonds is 3. The molecule has 0 bridgehead atoms. The molecule has 1 heterocycles. The van der Waals surface area contributed by atoms with Crippen molar-refractivity contribution in [2.24, 2.45) is 0 Å². The van der Waals surface area contributed by atoms with Gasteiger partial charge in [-0.2, -0.15) is 0 Å². The molecule has 0 saturated carbocycles. The molecule has 1 aromatic rings. The summed E-state index contributed by atoms with van der Waals surface area (Å²) in [6, 6.07) is 8.24. The van der Waals surface area contributed by atoms with Gasteiger partial charge in [-0.3, -0.25) is 0 Å². The van der Waals surface area contributed by atoms with Crippen LogP contribution in [-0.4, -0.2) is 18.7 Å². The van der Waals surface area contributed by atoms with Gasteiger partial charge in [0.25, 0.3) is 0 Å².